The van der Waals surface area contributed by atoms with Crippen LogP contribution in [0.15, 0.2) is 30.5 Å². The maximum atomic E-state index is 12.6. The lowest BCUT2D eigenvalue weighted by Crippen LogP contribution is -2.76. The summed E-state index contributed by atoms with van der Waals surface area (Å²) in [6.45, 7) is 6.03. The molecule has 3 rings (SSSR count). The van der Waals surface area contributed by atoms with Crippen LogP contribution in [0.1, 0.15) is 27.2 Å². The highest BCUT2D eigenvalue weighted by Gasteiger charge is 2.66. The molecule has 1 aromatic carbocycles. The predicted octanol–water partition coefficient (Wildman–Crippen LogP) is 3.07. The lowest BCUT2D eigenvalue weighted by molar-refractivity contribution is -0.194. The average Bonchev–Trinajstić information content (AvgIpc) is 2.95. The molecule has 1 aliphatic rings. The van der Waals surface area contributed by atoms with Crippen LogP contribution in [-0.2, 0) is 20.9 Å². The van der Waals surface area contributed by atoms with E-state index in [1.54, 1.807) is 22.9 Å². The zero-order chi connectivity index (χ0) is 19.1. The molecule has 140 valence electrons. The molecule has 1 aliphatic carbocycles. The van der Waals surface area contributed by atoms with Gasteiger partial charge in [-0.2, -0.15) is 0 Å². The molecule has 0 radical (unpaired) electrons. The fourth-order valence-corrected chi connectivity index (χ4v) is 3.93. The number of carbonyl (C=O) groups is 2. The standard InChI is InChI=1S/C19H23ClN2O4/c1-4-26-15-10-19(17(24)25,18(15,2)3)21-16(23)11-22-8-7-12-5-6-13(20)9-14(12)22/h5-9,15H,4,10-11H2,1-3H3,(H,21,23)(H,24,25). The molecule has 1 fully saturated rings. The van der Waals surface area contributed by atoms with Crippen molar-refractivity contribution >= 4 is 34.4 Å². The Morgan fingerprint density at radius 2 is 2.12 bits per heavy atom. The summed E-state index contributed by atoms with van der Waals surface area (Å²) in [6, 6.07) is 7.35. The lowest BCUT2D eigenvalue weighted by Gasteiger charge is -2.58. The van der Waals surface area contributed by atoms with Crippen molar-refractivity contribution in [3.8, 4) is 0 Å². The number of carboxylic acids is 1. The van der Waals surface area contributed by atoms with Gasteiger partial charge in [-0.3, -0.25) is 4.79 Å². The van der Waals surface area contributed by atoms with E-state index in [9.17, 15) is 14.7 Å². The zero-order valence-electron chi connectivity index (χ0n) is 15.1. The number of ether oxygens (including phenoxy) is 1. The Balaban J connectivity index is 1.79. The number of benzene rings is 1. The fraction of sp³-hybridized carbons (Fsp3) is 0.474. The summed E-state index contributed by atoms with van der Waals surface area (Å²) in [4.78, 5) is 24.6. The second-order valence-corrected chi connectivity index (χ2v) is 7.71. The van der Waals surface area contributed by atoms with Crippen molar-refractivity contribution in [2.75, 3.05) is 6.61 Å². The fourth-order valence-electron chi connectivity index (χ4n) is 3.76. The van der Waals surface area contributed by atoms with Crippen LogP contribution in [0.25, 0.3) is 10.9 Å². The van der Waals surface area contributed by atoms with E-state index in [0.717, 1.165) is 10.9 Å². The first-order valence-electron chi connectivity index (χ1n) is 8.61. The number of hydrogen-bond donors (Lipinski definition) is 2. The minimum Gasteiger partial charge on any atom is -0.479 e. The quantitative estimate of drug-likeness (QED) is 0.809. The summed E-state index contributed by atoms with van der Waals surface area (Å²) in [5.41, 5.74) is -1.20. The molecule has 0 bridgehead atoms. The van der Waals surface area contributed by atoms with Gasteiger partial charge in [-0.05, 0) is 30.5 Å². The molecule has 1 amide bonds. The highest BCUT2D eigenvalue weighted by molar-refractivity contribution is 6.31. The molecule has 6 nitrogen and oxygen atoms in total. The Morgan fingerprint density at radius 3 is 2.73 bits per heavy atom. The Labute approximate surface area is 157 Å². The molecular weight excluding hydrogens is 356 g/mol. The van der Waals surface area contributed by atoms with Gasteiger partial charge in [0.05, 0.1) is 6.10 Å². The van der Waals surface area contributed by atoms with Gasteiger partial charge in [-0.1, -0.05) is 31.5 Å². The number of nitrogens with zero attached hydrogens (tertiary/aromatic N) is 1. The number of carbonyl (C=O) groups excluding carboxylic acids is 1. The number of aromatic nitrogens is 1. The molecule has 2 atom stereocenters. The Morgan fingerprint density at radius 1 is 1.38 bits per heavy atom. The first-order valence-corrected chi connectivity index (χ1v) is 8.99. The Kier molecular flexibility index (Phi) is 4.75. The maximum Gasteiger partial charge on any atom is 0.330 e. The van der Waals surface area contributed by atoms with Crippen LogP contribution < -0.4 is 5.32 Å². The Hall–Kier alpha value is -2.05. The van der Waals surface area contributed by atoms with E-state index in [2.05, 4.69) is 5.32 Å². The van der Waals surface area contributed by atoms with Crippen LogP contribution in [0.4, 0.5) is 0 Å². The van der Waals surface area contributed by atoms with Crippen molar-refractivity contribution in [1.82, 2.24) is 9.88 Å². The SMILES string of the molecule is CCOC1CC(NC(=O)Cn2ccc3ccc(Cl)cc32)(C(=O)O)C1(C)C. The number of halogens is 1. The first-order chi connectivity index (χ1) is 12.2. The normalized spacial score (nSPS) is 24.2. The summed E-state index contributed by atoms with van der Waals surface area (Å²) in [6.07, 6.45) is 1.85. The average molecular weight is 379 g/mol. The van der Waals surface area contributed by atoms with Crippen molar-refractivity contribution in [3.05, 3.63) is 35.5 Å². The topological polar surface area (TPSA) is 80.6 Å². The van der Waals surface area contributed by atoms with E-state index in [1.807, 2.05) is 32.9 Å². The van der Waals surface area contributed by atoms with E-state index in [4.69, 9.17) is 16.3 Å². The van der Waals surface area contributed by atoms with E-state index < -0.39 is 16.9 Å². The van der Waals surface area contributed by atoms with E-state index in [-0.39, 0.29) is 25.0 Å². The van der Waals surface area contributed by atoms with Gasteiger partial charge in [0.15, 0.2) is 0 Å². The van der Waals surface area contributed by atoms with Gasteiger partial charge in [0, 0.05) is 35.2 Å². The van der Waals surface area contributed by atoms with Crippen LogP contribution in [0, 0.1) is 5.41 Å². The number of nitrogens with one attached hydrogen (secondary N) is 1. The maximum absolute atomic E-state index is 12.6. The third-order valence-corrected chi connectivity index (χ3v) is 5.77. The molecule has 0 aliphatic heterocycles. The van der Waals surface area contributed by atoms with Gasteiger partial charge in [-0.25, -0.2) is 4.79 Å². The lowest BCUT2D eigenvalue weighted by atomic mass is 9.54. The summed E-state index contributed by atoms with van der Waals surface area (Å²) in [5.74, 6) is -1.39. The minimum absolute atomic E-state index is 0.0221. The number of fused-ring (bicyclic) bond motifs is 1. The zero-order valence-corrected chi connectivity index (χ0v) is 15.8. The molecule has 26 heavy (non-hydrogen) atoms. The highest BCUT2D eigenvalue weighted by Crippen LogP contribution is 2.51. The third-order valence-electron chi connectivity index (χ3n) is 5.53. The van der Waals surface area contributed by atoms with Crippen LogP contribution in [0.5, 0.6) is 0 Å². The number of rotatable bonds is 6. The first kappa shape index (κ1) is 18.7. The van der Waals surface area contributed by atoms with Crippen molar-refractivity contribution in [1.29, 1.82) is 0 Å². The summed E-state index contributed by atoms with van der Waals surface area (Å²) in [7, 11) is 0. The molecule has 1 saturated carbocycles. The van der Waals surface area contributed by atoms with Crippen LogP contribution in [0.3, 0.4) is 0 Å². The number of hydrogen-bond acceptors (Lipinski definition) is 3. The van der Waals surface area contributed by atoms with Gasteiger partial charge in [0.2, 0.25) is 5.91 Å². The van der Waals surface area contributed by atoms with Crippen molar-refractivity contribution < 1.29 is 19.4 Å². The molecule has 1 heterocycles. The molecule has 0 saturated heterocycles. The Bertz CT molecular complexity index is 860. The smallest absolute Gasteiger partial charge is 0.330 e. The molecule has 0 spiro atoms. The molecule has 2 N–H and O–H groups in total. The van der Waals surface area contributed by atoms with Gasteiger partial charge in [-0.15, -0.1) is 0 Å². The number of carboxylic acid groups (broad SMARTS) is 1. The summed E-state index contributed by atoms with van der Waals surface area (Å²) >= 11 is 6.04. The minimum atomic E-state index is -1.33. The van der Waals surface area contributed by atoms with Crippen molar-refractivity contribution in [2.24, 2.45) is 5.41 Å². The second-order valence-electron chi connectivity index (χ2n) is 7.28. The molecular formula is C19H23ClN2O4. The number of amides is 1. The predicted molar refractivity (Wildman–Crippen MR) is 99.3 cm³/mol. The molecule has 7 heteroatoms. The number of aliphatic carboxylic acids is 1. The third kappa shape index (κ3) is 2.87. The molecule has 2 unspecified atom stereocenters. The van der Waals surface area contributed by atoms with Crippen LogP contribution in [-0.4, -0.2) is 39.8 Å². The van der Waals surface area contributed by atoms with Crippen molar-refractivity contribution in [2.45, 2.75) is 45.4 Å². The van der Waals surface area contributed by atoms with E-state index in [0.29, 0.717) is 11.6 Å². The van der Waals surface area contributed by atoms with Gasteiger partial charge in [0.1, 0.15) is 12.1 Å². The highest BCUT2D eigenvalue weighted by atomic mass is 35.5. The van der Waals surface area contributed by atoms with E-state index in [1.165, 1.54) is 0 Å². The van der Waals surface area contributed by atoms with Gasteiger partial charge in [0.25, 0.3) is 0 Å². The second kappa shape index (κ2) is 6.59. The van der Waals surface area contributed by atoms with Crippen LogP contribution >= 0.6 is 11.6 Å². The van der Waals surface area contributed by atoms with Gasteiger partial charge >= 0.3 is 5.97 Å². The van der Waals surface area contributed by atoms with Gasteiger partial charge < -0.3 is 19.7 Å². The van der Waals surface area contributed by atoms with Crippen molar-refractivity contribution in [3.63, 3.8) is 0 Å². The monoisotopic (exact) mass is 378 g/mol. The summed E-state index contributed by atoms with van der Waals surface area (Å²) in [5, 5.41) is 14.1. The van der Waals surface area contributed by atoms with Crippen LogP contribution in [0.2, 0.25) is 5.02 Å². The summed E-state index contributed by atoms with van der Waals surface area (Å²) < 4.78 is 7.38. The largest absolute Gasteiger partial charge is 0.479 e. The molecule has 1 aromatic heterocycles. The molecule has 2 aromatic rings. The van der Waals surface area contributed by atoms with E-state index >= 15 is 0 Å².